The molecule has 0 aromatic heterocycles. The molecule has 26 heavy (non-hydrogen) atoms. The van der Waals surface area contributed by atoms with Gasteiger partial charge in [-0.1, -0.05) is 60.7 Å². The van der Waals surface area contributed by atoms with Gasteiger partial charge in [0.15, 0.2) is 0 Å². The summed E-state index contributed by atoms with van der Waals surface area (Å²) in [5.41, 5.74) is 1.43. The van der Waals surface area contributed by atoms with Gasteiger partial charge in [0.2, 0.25) is 0 Å². The van der Waals surface area contributed by atoms with E-state index >= 15 is 0 Å². The molecule has 3 rings (SSSR count). The molecule has 132 valence electrons. The summed E-state index contributed by atoms with van der Waals surface area (Å²) in [4.78, 5) is 24.5. The first-order chi connectivity index (χ1) is 12.6. The minimum absolute atomic E-state index is 0.0241. The Hall–Kier alpha value is -3.34. The molecule has 2 aromatic carbocycles. The fourth-order valence-corrected chi connectivity index (χ4v) is 2.83. The average molecular weight is 350 g/mol. The van der Waals surface area contributed by atoms with Crippen molar-refractivity contribution in [3.8, 4) is 0 Å². The van der Waals surface area contributed by atoms with Crippen molar-refractivity contribution < 1.29 is 24.2 Å². The molecule has 0 saturated carbocycles. The number of benzene rings is 2. The van der Waals surface area contributed by atoms with E-state index in [-0.39, 0.29) is 23.5 Å². The van der Waals surface area contributed by atoms with E-state index in [0.29, 0.717) is 11.1 Å². The SMILES string of the molecule is COC(=O)C(/C=C1\CC(O)=C(c2ccccc2)C(=O)O1)c1ccccc1. The normalized spacial score (nSPS) is 17.0. The Morgan fingerprint density at radius 3 is 2.31 bits per heavy atom. The number of cyclic esters (lactones) is 1. The zero-order chi connectivity index (χ0) is 18.5. The van der Waals surface area contributed by atoms with Crippen LogP contribution in [0, 0.1) is 0 Å². The molecule has 1 aliphatic rings. The fourth-order valence-electron chi connectivity index (χ4n) is 2.83. The van der Waals surface area contributed by atoms with E-state index in [1.54, 1.807) is 36.4 Å². The highest BCUT2D eigenvalue weighted by Crippen LogP contribution is 2.31. The third-order valence-corrected chi connectivity index (χ3v) is 4.09. The second-order valence-corrected chi connectivity index (χ2v) is 5.80. The van der Waals surface area contributed by atoms with E-state index in [1.807, 2.05) is 24.3 Å². The summed E-state index contributed by atoms with van der Waals surface area (Å²) >= 11 is 0. The van der Waals surface area contributed by atoms with Crippen molar-refractivity contribution in [1.82, 2.24) is 0 Å². The predicted octanol–water partition coefficient (Wildman–Crippen LogP) is 3.74. The van der Waals surface area contributed by atoms with Crippen molar-refractivity contribution >= 4 is 17.5 Å². The van der Waals surface area contributed by atoms with Crippen LogP contribution in [0.15, 0.2) is 78.3 Å². The third-order valence-electron chi connectivity index (χ3n) is 4.09. The predicted molar refractivity (Wildman–Crippen MR) is 96.0 cm³/mol. The van der Waals surface area contributed by atoms with Crippen molar-refractivity contribution in [3.63, 3.8) is 0 Å². The van der Waals surface area contributed by atoms with Gasteiger partial charge in [0.1, 0.15) is 23.0 Å². The number of ether oxygens (including phenoxy) is 2. The van der Waals surface area contributed by atoms with Crippen LogP contribution in [0.25, 0.3) is 5.57 Å². The van der Waals surface area contributed by atoms with E-state index in [0.717, 1.165) is 0 Å². The molecule has 0 bridgehead atoms. The Morgan fingerprint density at radius 2 is 1.73 bits per heavy atom. The zero-order valence-electron chi connectivity index (χ0n) is 14.2. The topological polar surface area (TPSA) is 72.8 Å². The van der Waals surface area contributed by atoms with Crippen molar-refractivity contribution in [2.75, 3.05) is 7.11 Å². The zero-order valence-corrected chi connectivity index (χ0v) is 14.2. The molecular formula is C21H18O5. The van der Waals surface area contributed by atoms with Gasteiger partial charge in [-0.3, -0.25) is 4.79 Å². The molecule has 5 nitrogen and oxygen atoms in total. The smallest absolute Gasteiger partial charge is 0.347 e. The van der Waals surface area contributed by atoms with Crippen LogP contribution in [0.5, 0.6) is 0 Å². The number of aliphatic hydroxyl groups is 1. The number of methoxy groups -OCH3 is 1. The standard InChI is InChI=1S/C21H18O5/c1-25-20(23)17(14-8-4-2-5-9-14)12-16-13-18(22)19(21(24)26-16)15-10-6-3-7-11-15/h2-12,17,22H,13H2,1H3/b16-12+. The molecule has 1 aliphatic heterocycles. The highest BCUT2D eigenvalue weighted by molar-refractivity contribution is 6.18. The van der Waals surface area contributed by atoms with E-state index in [4.69, 9.17) is 9.47 Å². The van der Waals surface area contributed by atoms with Crippen LogP contribution in [0.4, 0.5) is 0 Å². The number of carbonyl (C=O) groups excluding carboxylic acids is 2. The van der Waals surface area contributed by atoms with Crippen LogP contribution in [-0.4, -0.2) is 24.2 Å². The lowest BCUT2D eigenvalue weighted by atomic mass is 9.96. The summed E-state index contributed by atoms with van der Waals surface area (Å²) in [6.45, 7) is 0. The van der Waals surface area contributed by atoms with E-state index in [9.17, 15) is 14.7 Å². The van der Waals surface area contributed by atoms with Crippen LogP contribution in [0.2, 0.25) is 0 Å². The van der Waals surface area contributed by atoms with Gasteiger partial charge in [-0.15, -0.1) is 0 Å². The van der Waals surface area contributed by atoms with Gasteiger partial charge in [0.25, 0.3) is 0 Å². The number of aliphatic hydroxyl groups excluding tert-OH is 1. The monoisotopic (exact) mass is 350 g/mol. The summed E-state index contributed by atoms with van der Waals surface area (Å²) in [5, 5.41) is 10.4. The maximum Gasteiger partial charge on any atom is 0.347 e. The first-order valence-corrected chi connectivity index (χ1v) is 8.13. The summed E-state index contributed by atoms with van der Waals surface area (Å²) in [7, 11) is 1.30. The first-order valence-electron chi connectivity index (χ1n) is 8.13. The molecule has 0 saturated heterocycles. The van der Waals surface area contributed by atoms with Gasteiger partial charge in [-0.2, -0.15) is 0 Å². The highest BCUT2D eigenvalue weighted by atomic mass is 16.5. The third kappa shape index (κ3) is 3.67. The number of rotatable bonds is 4. The molecule has 1 unspecified atom stereocenters. The Kier molecular flexibility index (Phi) is 5.17. The molecule has 1 atom stereocenters. The molecule has 1 heterocycles. The Morgan fingerprint density at radius 1 is 1.12 bits per heavy atom. The number of hydrogen-bond acceptors (Lipinski definition) is 5. The lowest BCUT2D eigenvalue weighted by Gasteiger charge is -2.20. The lowest BCUT2D eigenvalue weighted by Crippen LogP contribution is -2.18. The summed E-state index contributed by atoms with van der Waals surface area (Å²) in [5.74, 6) is -1.73. The van der Waals surface area contributed by atoms with Crippen molar-refractivity contribution in [3.05, 3.63) is 89.4 Å². The van der Waals surface area contributed by atoms with Gasteiger partial charge < -0.3 is 14.6 Å². The molecule has 5 heteroatoms. The summed E-state index contributed by atoms with van der Waals surface area (Å²) in [6.07, 6.45) is 1.54. The number of carbonyl (C=O) groups is 2. The molecule has 0 radical (unpaired) electrons. The Bertz CT molecular complexity index is 866. The Labute approximate surface area is 151 Å². The second kappa shape index (κ2) is 7.70. The molecule has 0 aliphatic carbocycles. The van der Waals surface area contributed by atoms with Crippen LogP contribution >= 0.6 is 0 Å². The van der Waals surface area contributed by atoms with E-state index in [1.165, 1.54) is 13.2 Å². The van der Waals surface area contributed by atoms with Crippen LogP contribution in [-0.2, 0) is 19.1 Å². The number of esters is 2. The van der Waals surface area contributed by atoms with E-state index < -0.39 is 17.9 Å². The van der Waals surface area contributed by atoms with Crippen molar-refractivity contribution in [2.24, 2.45) is 0 Å². The minimum Gasteiger partial charge on any atom is -0.511 e. The lowest BCUT2D eigenvalue weighted by molar-refractivity contribution is -0.141. The molecular weight excluding hydrogens is 332 g/mol. The van der Waals surface area contributed by atoms with Crippen molar-refractivity contribution in [2.45, 2.75) is 12.3 Å². The van der Waals surface area contributed by atoms with Gasteiger partial charge in [-0.25, -0.2) is 4.79 Å². The van der Waals surface area contributed by atoms with Crippen LogP contribution < -0.4 is 0 Å². The summed E-state index contributed by atoms with van der Waals surface area (Å²) in [6, 6.07) is 17.8. The van der Waals surface area contributed by atoms with Gasteiger partial charge in [-0.05, 0) is 17.2 Å². The van der Waals surface area contributed by atoms with Gasteiger partial charge in [0.05, 0.1) is 13.5 Å². The van der Waals surface area contributed by atoms with Gasteiger partial charge >= 0.3 is 11.9 Å². The van der Waals surface area contributed by atoms with Crippen LogP contribution in [0.1, 0.15) is 23.5 Å². The average Bonchev–Trinajstić information content (AvgIpc) is 2.66. The molecule has 0 fully saturated rings. The van der Waals surface area contributed by atoms with Crippen LogP contribution in [0.3, 0.4) is 0 Å². The van der Waals surface area contributed by atoms with E-state index in [2.05, 4.69) is 0 Å². The minimum atomic E-state index is -0.727. The Balaban J connectivity index is 1.94. The van der Waals surface area contributed by atoms with Crippen molar-refractivity contribution in [1.29, 1.82) is 0 Å². The quantitative estimate of drug-likeness (QED) is 0.851. The molecule has 0 spiro atoms. The second-order valence-electron chi connectivity index (χ2n) is 5.80. The summed E-state index contributed by atoms with van der Waals surface area (Å²) < 4.78 is 10.2. The maximum absolute atomic E-state index is 12.4. The number of hydrogen-bond donors (Lipinski definition) is 1. The molecule has 1 N–H and O–H groups in total. The molecule has 2 aromatic rings. The fraction of sp³-hybridized carbons (Fsp3) is 0.143. The molecule has 0 amide bonds. The highest BCUT2D eigenvalue weighted by Gasteiger charge is 2.29. The largest absolute Gasteiger partial charge is 0.511 e. The maximum atomic E-state index is 12.4. The first kappa shape index (κ1) is 17.5. The van der Waals surface area contributed by atoms with Gasteiger partial charge in [0, 0.05) is 0 Å².